The zero-order valence-electron chi connectivity index (χ0n) is 36.0. The fraction of sp³-hybridized carbons (Fsp3) is 0.180. The van der Waals surface area contributed by atoms with Crippen molar-refractivity contribution in [2.24, 2.45) is 11.8 Å². The van der Waals surface area contributed by atoms with Gasteiger partial charge in [-0.05, 0) is 148 Å². The van der Waals surface area contributed by atoms with Gasteiger partial charge in [-0.15, -0.1) is 0 Å². The standard InChI is InChI=1S/C61H50N2S/c1-4-18-43(19-5-1)62(44-20-6-2-7-21-44)46-37-34-41(35-38-46)42-36-39-48-47-24-10-13-28-52(47)61(55(48)40-42)53-29-14-11-26-51(53)59-54(61)30-17-31-56(59)63(45-22-8-3-9-23-45)57-32-16-27-50-49-25-12-15-33-58(49)64-60(50)57/h1-14,16,18-20,22-26,28-29,31-32,34-40,44,50,54,59H,15,17,21,27,30,33H2/t44?,50?,54-,59?,61?/m0/s1. The first-order valence-corrected chi connectivity index (χ1v) is 24.2. The van der Waals surface area contributed by atoms with Crippen LogP contribution in [-0.2, 0) is 5.41 Å². The van der Waals surface area contributed by atoms with Gasteiger partial charge < -0.3 is 9.80 Å². The number of fused-ring (bicyclic) bond motifs is 12. The molecule has 2 nitrogen and oxygen atoms in total. The second-order valence-electron chi connectivity index (χ2n) is 18.4. The van der Waals surface area contributed by atoms with Gasteiger partial charge in [0.1, 0.15) is 0 Å². The van der Waals surface area contributed by atoms with Crippen molar-refractivity contribution in [2.45, 2.75) is 55.9 Å². The molecule has 13 rings (SSSR count). The normalized spacial score (nSPS) is 24.2. The first-order chi connectivity index (χ1) is 31.8. The lowest BCUT2D eigenvalue weighted by Crippen LogP contribution is -2.38. The first kappa shape index (κ1) is 38.0. The van der Waals surface area contributed by atoms with E-state index < -0.39 is 0 Å². The van der Waals surface area contributed by atoms with E-state index in [9.17, 15) is 0 Å². The minimum absolute atomic E-state index is 0.218. The van der Waals surface area contributed by atoms with Crippen LogP contribution >= 0.6 is 11.8 Å². The molecule has 6 aliphatic carbocycles. The summed E-state index contributed by atoms with van der Waals surface area (Å²) in [4.78, 5) is 8.28. The minimum Gasteiger partial charge on any atom is -0.334 e. The number of para-hydroxylation sites is 2. The van der Waals surface area contributed by atoms with Crippen molar-refractivity contribution in [3.8, 4) is 22.3 Å². The molecule has 0 amide bonds. The molecule has 1 aliphatic heterocycles. The van der Waals surface area contributed by atoms with Gasteiger partial charge in [0.2, 0.25) is 0 Å². The Morgan fingerprint density at radius 3 is 2.14 bits per heavy atom. The summed E-state index contributed by atoms with van der Waals surface area (Å²) in [5.41, 5.74) is 18.9. The molecular weight excluding hydrogens is 793 g/mol. The Bertz CT molecular complexity index is 3050. The summed E-state index contributed by atoms with van der Waals surface area (Å²) in [5, 5.41) is 0. The van der Waals surface area contributed by atoms with Crippen molar-refractivity contribution < 1.29 is 0 Å². The fourth-order valence-corrected chi connectivity index (χ4v) is 14.1. The van der Waals surface area contributed by atoms with Crippen LogP contribution in [0.25, 0.3) is 22.3 Å². The number of hydrogen-bond acceptors (Lipinski definition) is 3. The quantitative estimate of drug-likeness (QED) is 0.158. The lowest BCUT2D eigenvalue weighted by molar-refractivity contribution is 0.338. The molecule has 310 valence electrons. The third kappa shape index (κ3) is 5.73. The molecule has 0 N–H and O–H groups in total. The molecule has 0 saturated heterocycles. The molecule has 0 aromatic heterocycles. The largest absolute Gasteiger partial charge is 0.334 e. The van der Waals surface area contributed by atoms with Gasteiger partial charge in [-0.25, -0.2) is 0 Å². The second kappa shape index (κ2) is 15.3. The summed E-state index contributed by atoms with van der Waals surface area (Å²) >= 11 is 2.07. The van der Waals surface area contributed by atoms with Crippen LogP contribution in [0, 0.1) is 11.8 Å². The maximum Gasteiger partial charge on any atom is 0.0560 e. The zero-order valence-corrected chi connectivity index (χ0v) is 36.8. The van der Waals surface area contributed by atoms with Gasteiger partial charge in [0.05, 0.1) is 17.2 Å². The molecule has 4 unspecified atom stereocenters. The van der Waals surface area contributed by atoms with Crippen molar-refractivity contribution >= 4 is 28.8 Å². The lowest BCUT2D eigenvalue weighted by atomic mass is 9.63. The molecule has 0 bridgehead atoms. The molecule has 0 radical (unpaired) electrons. The Balaban J connectivity index is 0.944. The van der Waals surface area contributed by atoms with Crippen LogP contribution in [0.5, 0.6) is 0 Å². The number of allylic oxidation sites excluding steroid dienone is 11. The van der Waals surface area contributed by atoms with E-state index in [0.29, 0.717) is 11.8 Å². The van der Waals surface area contributed by atoms with Crippen LogP contribution < -0.4 is 9.80 Å². The molecule has 3 heteroatoms. The second-order valence-corrected chi connectivity index (χ2v) is 19.5. The molecule has 6 aromatic rings. The summed E-state index contributed by atoms with van der Waals surface area (Å²) < 4.78 is 0. The van der Waals surface area contributed by atoms with Gasteiger partial charge >= 0.3 is 0 Å². The highest BCUT2D eigenvalue weighted by molar-refractivity contribution is 8.07. The van der Waals surface area contributed by atoms with E-state index in [2.05, 4.69) is 228 Å². The predicted octanol–water partition coefficient (Wildman–Crippen LogP) is 15.7. The number of nitrogens with zero attached hydrogens (tertiary/aromatic N) is 2. The van der Waals surface area contributed by atoms with Crippen molar-refractivity contribution in [2.75, 3.05) is 9.80 Å². The monoisotopic (exact) mass is 842 g/mol. The van der Waals surface area contributed by atoms with Gasteiger partial charge in [-0.3, -0.25) is 0 Å². The fourth-order valence-electron chi connectivity index (χ4n) is 12.7. The number of thioether (sulfide) groups is 1. The number of hydrogen-bond donors (Lipinski definition) is 0. The van der Waals surface area contributed by atoms with Gasteiger partial charge in [-0.1, -0.05) is 170 Å². The Labute approximate surface area is 382 Å². The molecule has 1 spiro atoms. The molecular formula is C61H50N2S. The Morgan fingerprint density at radius 1 is 0.578 bits per heavy atom. The summed E-state index contributed by atoms with van der Waals surface area (Å²) in [5.74, 6) is 0.997. The van der Waals surface area contributed by atoms with Crippen LogP contribution in [0.2, 0.25) is 0 Å². The molecule has 0 fully saturated rings. The van der Waals surface area contributed by atoms with Crippen LogP contribution in [0.3, 0.4) is 0 Å². The average Bonchev–Trinajstić information content (AvgIpc) is 4.00. The summed E-state index contributed by atoms with van der Waals surface area (Å²) in [7, 11) is 0. The summed E-state index contributed by atoms with van der Waals surface area (Å²) in [6, 6.07) is 58.0. The van der Waals surface area contributed by atoms with Gasteiger partial charge in [-0.2, -0.15) is 0 Å². The first-order valence-electron chi connectivity index (χ1n) is 23.4. The van der Waals surface area contributed by atoms with Crippen molar-refractivity contribution in [1.82, 2.24) is 0 Å². The van der Waals surface area contributed by atoms with Crippen LogP contribution in [0.1, 0.15) is 66.7 Å². The van der Waals surface area contributed by atoms with E-state index in [4.69, 9.17) is 0 Å². The molecule has 1 heterocycles. The molecule has 5 atom stereocenters. The van der Waals surface area contributed by atoms with Crippen LogP contribution in [0.15, 0.2) is 233 Å². The molecule has 64 heavy (non-hydrogen) atoms. The summed E-state index contributed by atoms with van der Waals surface area (Å²) in [6.45, 7) is 0. The predicted molar refractivity (Wildman–Crippen MR) is 269 cm³/mol. The Morgan fingerprint density at radius 2 is 1.31 bits per heavy atom. The smallest absolute Gasteiger partial charge is 0.0560 e. The van der Waals surface area contributed by atoms with Gasteiger partial charge in [0, 0.05) is 39.5 Å². The third-order valence-electron chi connectivity index (χ3n) is 15.2. The van der Waals surface area contributed by atoms with E-state index in [1.807, 2.05) is 0 Å². The van der Waals surface area contributed by atoms with E-state index in [1.165, 1.54) is 77.9 Å². The SMILES string of the molecule is C1=CCC(N(c2ccccc2)c2ccc(-c3ccc4c(c3)C3(c5ccccc5-4)c4ccccc4C4C(N(C5=C6SC7=C(C=CCC7)C6CC=C5)c5ccccc5)=CCC[C@@H]43)cc2)C=C1. The van der Waals surface area contributed by atoms with Gasteiger partial charge in [0.15, 0.2) is 0 Å². The highest BCUT2D eigenvalue weighted by atomic mass is 32.2. The number of rotatable bonds is 7. The van der Waals surface area contributed by atoms with Crippen molar-refractivity contribution in [3.63, 3.8) is 0 Å². The number of anilines is 3. The molecule has 0 saturated carbocycles. The highest BCUT2D eigenvalue weighted by Gasteiger charge is 2.59. The summed E-state index contributed by atoms with van der Waals surface area (Å²) in [6.07, 6.45) is 27.8. The maximum atomic E-state index is 2.69. The topological polar surface area (TPSA) is 6.48 Å². The number of benzene rings is 6. The average molecular weight is 843 g/mol. The lowest BCUT2D eigenvalue weighted by Gasteiger charge is -2.43. The third-order valence-corrected chi connectivity index (χ3v) is 16.6. The van der Waals surface area contributed by atoms with Crippen molar-refractivity contribution in [1.29, 1.82) is 0 Å². The minimum atomic E-state index is -0.285. The van der Waals surface area contributed by atoms with Crippen LogP contribution in [-0.4, -0.2) is 6.04 Å². The van der Waals surface area contributed by atoms with E-state index in [1.54, 1.807) is 10.5 Å². The van der Waals surface area contributed by atoms with E-state index in [0.717, 1.165) is 38.5 Å². The Hall–Kier alpha value is -6.55. The van der Waals surface area contributed by atoms with Crippen LogP contribution in [0.4, 0.5) is 17.1 Å². The maximum absolute atomic E-state index is 2.69. The zero-order chi connectivity index (χ0) is 42.2. The van der Waals surface area contributed by atoms with E-state index in [-0.39, 0.29) is 17.4 Å². The Kier molecular flexibility index (Phi) is 9.08. The molecule has 7 aliphatic rings. The molecule has 6 aromatic carbocycles. The highest BCUT2D eigenvalue weighted by Crippen LogP contribution is 2.68. The van der Waals surface area contributed by atoms with Gasteiger partial charge in [0.25, 0.3) is 0 Å². The van der Waals surface area contributed by atoms with Crippen molar-refractivity contribution in [3.05, 3.63) is 255 Å². The van der Waals surface area contributed by atoms with E-state index >= 15 is 0 Å².